The Morgan fingerprint density at radius 1 is 1.30 bits per heavy atom. The van der Waals surface area contributed by atoms with E-state index in [4.69, 9.17) is 0 Å². The first kappa shape index (κ1) is 17.8. The Morgan fingerprint density at radius 3 is 2.52 bits per heavy atom. The van der Waals surface area contributed by atoms with Crippen LogP contribution in [0.3, 0.4) is 0 Å². The van der Waals surface area contributed by atoms with Crippen molar-refractivity contribution >= 4 is 5.91 Å². The molecule has 1 saturated heterocycles. The minimum atomic E-state index is -0.901. The number of carbonyl (C=O) groups excluding carboxylic acids is 1. The van der Waals surface area contributed by atoms with Gasteiger partial charge in [0.15, 0.2) is 0 Å². The maximum absolute atomic E-state index is 12.5. The molecular weight excluding hydrogens is 292 g/mol. The molecule has 1 aromatic rings. The van der Waals surface area contributed by atoms with Crippen LogP contribution in [-0.4, -0.2) is 41.4 Å². The molecule has 1 heterocycles. The molecule has 128 valence electrons. The topological polar surface area (TPSA) is 81.6 Å². The van der Waals surface area contributed by atoms with Crippen LogP contribution in [0.5, 0.6) is 5.75 Å². The molecule has 0 spiro atoms. The molecule has 0 bridgehead atoms. The Morgan fingerprint density at radius 2 is 2.00 bits per heavy atom. The van der Waals surface area contributed by atoms with Gasteiger partial charge in [0, 0.05) is 13.1 Å². The number of aromatic hydroxyl groups is 1. The molecule has 0 radical (unpaired) electrons. The highest BCUT2D eigenvalue weighted by molar-refractivity contribution is 5.97. The van der Waals surface area contributed by atoms with E-state index in [9.17, 15) is 15.0 Å². The summed E-state index contributed by atoms with van der Waals surface area (Å²) >= 11 is 0. The number of hydrogen-bond acceptors (Lipinski definition) is 4. The summed E-state index contributed by atoms with van der Waals surface area (Å²) in [6, 6.07) is 3.72. The van der Waals surface area contributed by atoms with Gasteiger partial charge in [-0.3, -0.25) is 4.79 Å². The molecule has 1 aliphatic rings. The molecule has 5 nitrogen and oxygen atoms in total. The molecular formula is C18H28N2O3. The lowest BCUT2D eigenvalue weighted by Gasteiger charge is -2.22. The van der Waals surface area contributed by atoms with Crippen LogP contribution in [0.2, 0.25) is 0 Å². The Hall–Kier alpha value is -1.59. The van der Waals surface area contributed by atoms with Crippen LogP contribution in [0, 0.1) is 0 Å². The van der Waals surface area contributed by atoms with Crippen molar-refractivity contribution in [1.29, 1.82) is 0 Å². The van der Waals surface area contributed by atoms with E-state index in [1.165, 1.54) is 0 Å². The van der Waals surface area contributed by atoms with Gasteiger partial charge in [0.05, 0.1) is 11.2 Å². The predicted octanol–water partition coefficient (Wildman–Crippen LogP) is 2.09. The predicted molar refractivity (Wildman–Crippen MR) is 91.1 cm³/mol. The highest BCUT2D eigenvalue weighted by Crippen LogP contribution is 2.33. The first-order valence-electron chi connectivity index (χ1n) is 8.31. The van der Waals surface area contributed by atoms with Gasteiger partial charge in [0.25, 0.3) is 5.91 Å². The van der Waals surface area contributed by atoms with Crippen LogP contribution >= 0.6 is 0 Å². The van der Waals surface area contributed by atoms with E-state index in [-0.39, 0.29) is 35.6 Å². The van der Waals surface area contributed by atoms with Gasteiger partial charge in [-0.1, -0.05) is 33.8 Å². The first-order chi connectivity index (χ1) is 10.7. The molecule has 1 atom stereocenters. The highest BCUT2D eigenvalue weighted by atomic mass is 16.3. The SMILES string of the molecule is CC(C)c1cc(C(=O)NC[C@@]2(O)CCNC2)c(O)c(C(C)C)c1. The van der Waals surface area contributed by atoms with Gasteiger partial charge >= 0.3 is 0 Å². The van der Waals surface area contributed by atoms with Crippen molar-refractivity contribution in [1.82, 2.24) is 10.6 Å². The fourth-order valence-electron chi connectivity index (χ4n) is 2.85. The van der Waals surface area contributed by atoms with Crippen molar-refractivity contribution in [2.75, 3.05) is 19.6 Å². The number of phenolic OH excluding ortho intramolecular Hbond substituents is 1. The van der Waals surface area contributed by atoms with Crippen molar-refractivity contribution in [3.63, 3.8) is 0 Å². The van der Waals surface area contributed by atoms with Gasteiger partial charge < -0.3 is 20.8 Å². The van der Waals surface area contributed by atoms with Gasteiger partial charge in [0.2, 0.25) is 0 Å². The molecule has 5 heteroatoms. The molecule has 1 amide bonds. The van der Waals surface area contributed by atoms with Crippen molar-refractivity contribution in [3.8, 4) is 5.75 Å². The molecule has 0 aromatic heterocycles. The number of benzene rings is 1. The fourth-order valence-corrected chi connectivity index (χ4v) is 2.85. The summed E-state index contributed by atoms with van der Waals surface area (Å²) in [5, 5.41) is 26.6. The van der Waals surface area contributed by atoms with E-state index in [2.05, 4.69) is 24.5 Å². The molecule has 0 aliphatic carbocycles. The molecule has 4 N–H and O–H groups in total. The summed E-state index contributed by atoms with van der Waals surface area (Å²) in [5.74, 6) is 0.0944. The van der Waals surface area contributed by atoms with E-state index in [0.717, 1.165) is 17.7 Å². The Labute approximate surface area is 138 Å². The number of nitrogens with one attached hydrogen (secondary N) is 2. The summed E-state index contributed by atoms with van der Waals surface area (Å²) in [4.78, 5) is 12.5. The number of rotatable bonds is 5. The molecule has 1 aromatic carbocycles. The molecule has 23 heavy (non-hydrogen) atoms. The molecule has 0 saturated carbocycles. The van der Waals surface area contributed by atoms with Gasteiger partial charge in [-0.15, -0.1) is 0 Å². The highest BCUT2D eigenvalue weighted by Gasteiger charge is 2.31. The van der Waals surface area contributed by atoms with Gasteiger partial charge in [-0.05, 0) is 42.0 Å². The van der Waals surface area contributed by atoms with Gasteiger partial charge in [-0.25, -0.2) is 0 Å². The minimum absolute atomic E-state index is 0.0402. The summed E-state index contributed by atoms with van der Waals surface area (Å²) < 4.78 is 0. The van der Waals surface area contributed by atoms with Crippen molar-refractivity contribution in [2.45, 2.75) is 51.6 Å². The standard InChI is InChI=1S/C18H28N2O3/c1-11(2)13-7-14(12(3)4)16(21)15(8-13)17(22)20-10-18(23)5-6-19-9-18/h7-8,11-12,19,21,23H,5-6,9-10H2,1-4H3,(H,20,22)/t18-/m1/s1. The van der Waals surface area contributed by atoms with E-state index in [1.807, 2.05) is 19.9 Å². The van der Waals surface area contributed by atoms with Crippen molar-refractivity contribution < 1.29 is 15.0 Å². The van der Waals surface area contributed by atoms with Gasteiger partial charge in [-0.2, -0.15) is 0 Å². The van der Waals surface area contributed by atoms with E-state index in [1.54, 1.807) is 6.07 Å². The number of hydrogen-bond donors (Lipinski definition) is 4. The first-order valence-corrected chi connectivity index (χ1v) is 8.31. The van der Waals surface area contributed by atoms with Crippen LogP contribution in [0.15, 0.2) is 12.1 Å². The molecule has 1 aliphatic heterocycles. The number of β-amino-alcohol motifs (C(OH)–C–C–N with tert-alkyl or cyclic N) is 1. The van der Waals surface area contributed by atoms with Crippen LogP contribution in [0.25, 0.3) is 0 Å². The third-order valence-electron chi connectivity index (χ3n) is 4.49. The number of phenols is 1. The summed E-state index contributed by atoms with van der Waals surface area (Å²) in [5.41, 5.74) is 1.19. The number of aliphatic hydroxyl groups is 1. The maximum Gasteiger partial charge on any atom is 0.255 e. The Kier molecular flexibility index (Phi) is 5.32. The summed E-state index contributed by atoms with van der Waals surface area (Å²) in [7, 11) is 0. The van der Waals surface area contributed by atoms with Crippen LogP contribution in [0.4, 0.5) is 0 Å². The largest absolute Gasteiger partial charge is 0.507 e. The smallest absolute Gasteiger partial charge is 0.255 e. The second kappa shape index (κ2) is 6.89. The molecule has 1 fully saturated rings. The quantitative estimate of drug-likeness (QED) is 0.670. The zero-order valence-corrected chi connectivity index (χ0v) is 14.4. The van der Waals surface area contributed by atoms with E-state index < -0.39 is 5.60 Å². The second-order valence-corrected chi connectivity index (χ2v) is 7.15. The van der Waals surface area contributed by atoms with E-state index in [0.29, 0.717) is 13.0 Å². The minimum Gasteiger partial charge on any atom is -0.507 e. The molecule has 2 rings (SSSR count). The summed E-state index contributed by atoms with van der Waals surface area (Å²) in [6.07, 6.45) is 0.614. The lowest BCUT2D eigenvalue weighted by molar-refractivity contribution is 0.0561. The Bertz CT molecular complexity index is 576. The van der Waals surface area contributed by atoms with Crippen LogP contribution < -0.4 is 10.6 Å². The number of amides is 1. The average Bonchev–Trinajstić information content (AvgIpc) is 2.91. The maximum atomic E-state index is 12.5. The average molecular weight is 320 g/mol. The second-order valence-electron chi connectivity index (χ2n) is 7.15. The fraction of sp³-hybridized carbons (Fsp3) is 0.611. The Balaban J connectivity index is 2.24. The van der Waals surface area contributed by atoms with Gasteiger partial charge in [0.1, 0.15) is 5.75 Å². The molecule has 0 unspecified atom stereocenters. The number of carbonyl (C=O) groups is 1. The lowest BCUT2D eigenvalue weighted by atomic mass is 9.91. The van der Waals surface area contributed by atoms with Crippen molar-refractivity contribution in [2.24, 2.45) is 0 Å². The monoisotopic (exact) mass is 320 g/mol. The third-order valence-corrected chi connectivity index (χ3v) is 4.49. The normalized spacial score (nSPS) is 21.2. The zero-order chi connectivity index (χ0) is 17.2. The lowest BCUT2D eigenvalue weighted by Crippen LogP contribution is -2.44. The van der Waals surface area contributed by atoms with Crippen LogP contribution in [0.1, 0.15) is 67.4 Å². The zero-order valence-electron chi connectivity index (χ0n) is 14.4. The van der Waals surface area contributed by atoms with E-state index >= 15 is 0 Å². The van der Waals surface area contributed by atoms with Crippen LogP contribution in [-0.2, 0) is 0 Å². The van der Waals surface area contributed by atoms with Crippen molar-refractivity contribution in [3.05, 3.63) is 28.8 Å². The summed E-state index contributed by atoms with van der Waals surface area (Å²) in [6.45, 7) is 9.51. The third kappa shape index (κ3) is 4.03.